The first-order valence-electron chi connectivity index (χ1n) is 18.9. The molecule has 0 aliphatic rings. The van der Waals surface area contributed by atoms with Crippen LogP contribution in [0.15, 0.2) is 36.5 Å². The van der Waals surface area contributed by atoms with Gasteiger partial charge in [0.1, 0.15) is 6.61 Å². The smallest absolute Gasteiger partial charge is 0.462 e. The van der Waals surface area contributed by atoms with E-state index >= 15 is 0 Å². The Morgan fingerprint density at radius 2 is 1.17 bits per heavy atom. The lowest BCUT2D eigenvalue weighted by atomic mass is 10.0. The molecule has 0 bridgehead atoms. The zero-order chi connectivity index (χ0) is 35.6. The summed E-state index contributed by atoms with van der Waals surface area (Å²) in [6.07, 6.45) is 34.8. The molecule has 2 atom stereocenters. The Labute approximate surface area is 292 Å². The molecule has 48 heavy (non-hydrogen) atoms. The molecule has 0 saturated carbocycles. The van der Waals surface area contributed by atoms with Gasteiger partial charge >= 0.3 is 19.8 Å². The fourth-order valence-electron chi connectivity index (χ4n) is 5.17. The summed E-state index contributed by atoms with van der Waals surface area (Å²) in [5.74, 6) is -0.936. The van der Waals surface area contributed by atoms with Crippen molar-refractivity contribution in [2.45, 2.75) is 180 Å². The van der Waals surface area contributed by atoms with Crippen molar-refractivity contribution in [2.24, 2.45) is 0 Å². The molecule has 0 aromatic heterocycles. The molecule has 0 aliphatic carbocycles. The fourth-order valence-corrected chi connectivity index (χ4v) is 5.53. The number of aliphatic hydroxyl groups excluding tert-OH is 1. The largest absolute Gasteiger partial charge is 0.469 e. The Balaban J connectivity index is 4.03. The molecule has 0 spiro atoms. The Hall–Kier alpha value is -1.77. The highest BCUT2D eigenvalue weighted by Crippen LogP contribution is 2.36. The van der Waals surface area contributed by atoms with Crippen LogP contribution < -0.4 is 0 Å². The van der Waals surface area contributed by atoms with Crippen molar-refractivity contribution in [1.82, 2.24) is 0 Å². The van der Waals surface area contributed by atoms with Crippen molar-refractivity contribution >= 4 is 19.8 Å². The Morgan fingerprint density at radius 1 is 0.646 bits per heavy atom. The van der Waals surface area contributed by atoms with Gasteiger partial charge in [0.25, 0.3) is 0 Å². The zero-order valence-electron chi connectivity index (χ0n) is 30.2. The summed E-state index contributed by atoms with van der Waals surface area (Å²) in [5.41, 5.74) is 0. The quantitative estimate of drug-likeness (QED) is 0.0197. The second-order valence-corrected chi connectivity index (χ2v) is 14.0. The average Bonchev–Trinajstić information content (AvgIpc) is 3.04. The van der Waals surface area contributed by atoms with Gasteiger partial charge < -0.3 is 24.4 Å². The molecule has 0 saturated heterocycles. The lowest BCUT2D eigenvalue weighted by Crippen LogP contribution is -2.29. The Morgan fingerprint density at radius 3 is 1.71 bits per heavy atom. The van der Waals surface area contributed by atoms with Gasteiger partial charge in [0.15, 0.2) is 6.10 Å². The van der Waals surface area contributed by atoms with E-state index in [0.29, 0.717) is 19.3 Å². The van der Waals surface area contributed by atoms with Crippen molar-refractivity contribution in [3.8, 4) is 0 Å². The van der Waals surface area contributed by atoms with Crippen LogP contribution in [0.4, 0.5) is 0 Å². The van der Waals surface area contributed by atoms with Gasteiger partial charge in [-0.05, 0) is 38.5 Å². The number of rotatable bonds is 34. The van der Waals surface area contributed by atoms with Crippen molar-refractivity contribution < 1.29 is 43.0 Å². The zero-order valence-corrected chi connectivity index (χ0v) is 31.1. The van der Waals surface area contributed by atoms with E-state index < -0.39 is 38.6 Å². The number of esters is 2. The minimum absolute atomic E-state index is 0.199. The van der Waals surface area contributed by atoms with E-state index in [9.17, 15) is 19.3 Å². The highest BCUT2D eigenvalue weighted by atomic mass is 31.2. The summed E-state index contributed by atoms with van der Waals surface area (Å²) in [6.45, 7) is 3.45. The molecule has 0 rings (SSSR count). The maximum Gasteiger partial charge on any atom is 0.469 e. The molecule has 280 valence electrons. The normalized spacial score (nSPS) is 13.5. The predicted molar refractivity (Wildman–Crippen MR) is 194 cm³/mol. The number of carbonyl (C=O) groups excluding carboxylic acids is 2. The van der Waals surface area contributed by atoms with E-state index in [1.807, 2.05) is 24.3 Å². The molecule has 0 radical (unpaired) electrons. The van der Waals surface area contributed by atoms with Crippen LogP contribution in [0.1, 0.15) is 168 Å². The number of ether oxygens (including phenoxy) is 2. The monoisotopic (exact) mass is 700 g/mol. The summed E-state index contributed by atoms with van der Waals surface area (Å²) in [6, 6.07) is 0. The number of hydrogen-bond acceptors (Lipinski definition) is 7. The number of phosphoric ester groups is 1. The number of allylic oxidation sites excluding steroid dienone is 4. The van der Waals surface area contributed by atoms with Crippen LogP contribution >= 0.6 is 7.82 Å². The topological polar surface area (TPSA) is 140 Å². The van der Waals surface area contributed by atoms with Gasteiger partial charge in [-0.1, -0.05) is 153 Å². The third kappa shape index (κ3) is 35.5. The van der Waals surface area contributed by atoms with Crippen molar-refractivity contribution in [3.05, 3.63) is 36.5 Å². The third-order valence-corrected chi connectivity index (χ3v) is 8.49. The van der Waals surface area contributed by atoms with Crippen LogP contribution in [-0.2, 0) is 28.2 Å². The standard InChI is InChI=1S/C38H69O9P/c1-3-5-7-8-9-10-11-12-13-14-17-21-24-28-32-38(41)47-36(34-46-48(42,43)44)33-45-37(40)31-27-23-20-18-15-16-19-22-26-30-35(39)29-25-6-4-2/h6,19,22,25-26,30,35-36,39H,3-5,7-18,20-21,23-24,27-29,31-34H2,1-2H3,(H2,42,43,44)/b22-19+,25-6+,30-26+/t35?,36-/m1/s1. The van der Waals surface area contributed by atoms with Crippen LogP contribution in [0, 0.1) is 0 Å². The molecule has 1 unspecified atom stereocenters. The molecule has 10 heteroatoms. The summed E-state index contributed by atoms with van der Waals surface area (Å²) in [5, 5.41) is 9.82. The Kier molecular flexibility index (Phi) is 32.5. The molecule has 3 N–H and O–H groups in total. The molecule has 0 aromatic carbocycles. The van der Waals surface area contributed by atoms with Crippen LogP contribution in [-0.4, -0.2) is 52.3 Å². The van der Waals surface area contributed by atoms with Crippen molar-refractivity contribution in [3.63, 3.8) is 0 Å². The first kappa shape index (κ1) is 46.2. The van der Waals surface area contributed by atoms with Gasteiger partial charge in [-0.3, -0.25) is 14.1 Å². The first-order chi connectivity index (χ1) is 23.2. The number of aliphatic hydroxyl groups is 1. The first-order valence-corrected chi connectivity index (χ1v) is 20.4. The second-order valence-electron chi connectivity index (χ2n) is 12.7. The SMILES string of the molecule is CC/C=C/CC(O)/C=C/C=C/CCCCCCCC(=O)OC[C@H](COP(=O)(O)O)OC(=O)CCCCCCCCCCCCCCCC. The van der Waals surface area contributed by atoms with E-state index in [1.165, 1.54) is 64.2 Å². The fraction of sp³-hybridized carbons (Fsp3) is 0.789. The number of carbonyl (C=O) groups is 2. The van der Waals surface area contributed by atoms with Gasteiger partial charge in [0.2, 0.25) is 0 Å². The van der Waals surface area contributed by atoms with Crippen LogP contribution in [0.2, 0.25) is 0 Å². The Bertz CT molecular complexity index is 897. The summed E-state index contributed by atoms with van der Waals surface area (Å²) >= 11 is 0. The van der Waals surface area contributed by atoms with Gasteiger partial charge in [-0.2, -0.15) is 0 Å². The molecule has 0 aromatic rings. The molecule has 9 nitrogen and oxygen atoms in total. The molecular weight excluding hydrogens is 631 g/mol. The van der Waals surface area contributed by atoms with E-state index in [1.54, 1.807) is 6.08 Å². The third-order valence-electron chi connectivity index (χ3n) is 8.00. The van der Waals surface area contributed by atoms with Crippen LogP contribution in [0.5, 0.6) is 0 Å². The van der Waals surface area contributed by atoms with Crippen LogP contribution in [0.3, 0.4) is 0 Å². The second kappa shape index (κ2) is 33.7. The number of unbranched alkanes of at least 4 members (excludes halogenated alkanes) is 18. The minimum atomic E-state index is -4.76. The average molecular weight is 701 g/mol. The maximum absolute atomic E-state index is 12.4. The molecule has 0 aliphatic heterocycles. The van der Waals surface area contributed by atoms with E-state index in [4.69, 9.17) is 19.3 Å². The van der Waals surface area contributed by atoms with Crippen molar-refractivity contribution in [2.75, 3.05) is 13.2 Å². The highest BCUT2D eigenvalue weighted by molar-refractivity contribution is 7.46. The van der Waals surface area contributed by atoms with Gasteiger partial charge in [0.05, 0.1) is 12.7 Å². The predicted octanol–water partition coefficient (Wildman–Crippen LogP) is 9.98. The van der Waals surface area contributed by atoms with E-state index in [2.05, 4.69) is 24.4 Å². The number of hydrogen-bond donors (Lipinski definition) is 3. The van der Waals surface area contributed by atoms with E-state index in [-0.39, 0.29) is 19.4 Å². The number of phosphoric acid groups is 1. The molecule has 0 fully saturated rings. The van der Waals surface area contributed by atoms with Gasteiger partial charge in [-0.15, -0.1) is 0 Å². The summed E-state index contributed by atoms with van der Waals surface area (Å²) in [7, 11) is -4.76. The maximum atomic E-state index is 12.4. The molecule has 0 heterocycles. The minimum Gasteiger partial charge on any atom is -0.462 e. The van der Waals surface area contributed by atoms with Gasteiger partial charge in [-0.25, -0.2) is 4.57 Å². The van der Waals surface area contributed by atoms with Gasteiger partial charge in [0, 0.05) is 12.8 Å². The lowest BCUT2D eigenvalue weighted by Gasteiger charge is -2.18. The van der Waals surface area contributed by atoms with Crippen molar-refractivity contribution in [1.29, 1.82) is 0 Å². The summed E-state index contributed by atoms with van der Waals surface area (Å²) in [4.78, 5) is 42.7. The molecule has 0 amide bonds. The lowest BCUT2D eigenvalue weighted by molar-refractivity contribution is -0.161. The van der Waals surface area contributed by atoms with E-state index in [0.717, 1.165) is 57.8 Å². The molecular formula is C38H69O9P. The highest BCUT2D eigenvalue weighted by Gasteiger charge is 2.22. The summed E-state index contributed by atoms with van der Waals surface area (Å²) < 4.78 is 26.3. The van der Waals surface area contributed by atoms with Crippen LogP contribution in [0.25, 0.3) is 0 Å².